The van der Waals surface area contributed by atoms with Gasteiger partial charge in [0, 0.05) is 0 Å². The van der Waals surface area contributed by atoms with Crippen LogP contribution in [0.5, 0.6) is 0 Å². The van der Waals surface area contributed by atoms with Crippen molar-refractivity contribution in [3.63, 3.8) is 0 Å². The molecule has 0 saturated heterocycles. The van der Waals surface area contributed by atoms with Crippen molar-refractivity contribution >= 4 is 23.4 Å². The Morgan fingerprint density at radius 1 is 1.27 bits per heavy atom. The molecular formula is C3F4O3S. The van der Waals surface area contributed by atoms with E-state index >= 15 is 0 Å². The van der Waals surface area contributed by atoms with Gasteiger partial charge >= 0.3 is 17.5 Å². The maximum atomic E-state index is 11.2. The van der Waals surface area contributed by atoms with Gasteiger partial charge in [0.05, 0.1) is 0 Å². The Balaban J connectivity index is 3.80. The summed E-state index contributed by atoms with van der Waals surface area (Å²) in [6.07, 6.45) is -5.21. The van der Waals surface area contributed by atoms with Crippen LogP contribution < -0.4 is 0 Å². The normalized spacial score (nSPS) is 10.9. The van der Waals surface area contributed by atoms with Gasteiger partial charge in [-0.05, 0) is 0 Å². The molecule has 0 atom stereocenters. The molecule has 0 fully saturated rings. The van der Waals surface area contributed by atoms with Crippen LogP contribution in [0.4, 0.5) is 22.4 Å². The van der Waals surface area contributed by atoms with E-state index in [0.717, 1.165) is 0 Å². The average molecular weight is 192 g/mol. The largest absolute Gasteiger partial charge is 0.492 e. The first-order valence-corrected chi connectivity index (χ1v) is 2.73. The van der Waals surface area contributed by atoms with E-state index < -0.39 is 29.6 Å². The number of rotatable bonds is 0. The van der Waals surface area contributed by atoms with Crippen molar-refractivity contribution in [3.05, 3.63) is 0 Å². The van der Waals surface area contributed by atoms with Gasteiger partial charge in [-0.1, -0.05) is 0 Å². The molecule has 0 spiro atoms. The lowest BCUT2D eigenvalue weighted by atomic mass is 10.7. The van der Waals surface area contributed by atoms with Gasteiger partial charge in [0.1, 0.15) is 0 Å². The molecule has 64 valence electrons. The maximum Gasteiger partial charge on any atom is 0.492 e. The molecular weight excluding hydrogens is 192 g/mol. The Kier molecular flexibility index (Phi) is 3.30. The van der Waals surface area contributed by atoms with Gasteiger partial charge in [0.25, 0.3) is 0 Å². The number of halogens is 4. The minimum absolute atomic E-state index is 0.809. The van der Waals surface area contributed by atoms with E-state index in [4.69, 9.17) is 0 Å². The maximum absolute atomic E-state index is 11.2. The Hall–Kier alpha value is -0.790. The highest BCUT2D eigenvalue weighted by atomic mass is 32.2. The van der Waals surface area contributed by atoms with Crippen LogP contribution in [0, 0.1) is 0 Å². The zero-order chi connectivity index (χ0) is 9.07. The summed E-state index contributed by atoms with van der Waals surface area (Å²) < 4.78 is 47.8. The number of hydrogen-bond donors (Lipinski definition) is 0. The fourth-order valence-corrected chi connectivity index (χ4v) is 0.354. The van der Waals surface area contributed by atoms with Gasteiger partial charge in [-0.15, -0.1) is 4.39 Å². The van der Waals surface area contributed by atoms with Crippen LogP contribution in [-0.2, 0) is 8.98 Å². The van der Waals surface area contributed by atoms with Gasteiger partial charge in [-0.3, -0.25) is 0 Å². The standard InChI is InChI=1S/C3F4O3S/c4-2(9)11-10-1(8)3(5,6)7. The van der Waals surface area contributed by atoms with Crippen molar-refractivity contribution in [2.24, 2.45) is 0 Å². The lowest BCUT2D eigenvalue weighted by molar-refractivity contribution is -0.188. The second-order valence-electron chi connectivity index (χ2n) is 1.19. The van der Waals surface area contributed by atoms with Crippen LogP contribution >= 0.6 is 12.0 Å². The fourth-order valence-electron chi connectivity index (χ4n) is 0.118. The highest BCUT2D eigenvalue weighted by Crippen LogP contribution is 2.20. The summed E-state index contributed by atoms with van der Waals surface area (Å²) in [5, 5.41) is -2.22. The SMILES string of the molecule is O=C(F)SOC(=O)C(F)(F)F. The lowest BCUT2D eigenvalue weighted by Crippen LogP contribution is -2.23. The number of carbonyl (C=O) groups is 2. The number of hydrogen-bond acceptors (Lipinski definition) is 4. The summed E-state index contributed by atoms with van der Waals surface area (Å²) in [5.41, 5.74) is 0. The first-order valence-electron chi connectivity index (χ1n) is 1.99. The highest BCUT2D eigenvalue weighted by Gasteiger charge is 2.41. The molecule has 0 unspecified atom stereocenters. The third kappa shape index (κ3) is 4.59. The molecule has 8 heteroatoms. The highest BCUT2D eigenvalue weighted by molar-refractivity contribution is 8.09. The fraction of sp³-hybridized carbons (Fsp3) is 0.333. The van der Waals surface area contributed by atoms with Crippen molar-refractivity contribution < 1.29 is 31.3 Å². The van der Waals surface area contributed by atoms with E-state index in [-0.39, 0.29) is 0 Å². The van der Waals surface area contributed by atoms with E-state index in [1.165, 1.54) is 0 Å². The van der Waals surface area contributed by atoms with Crippen molar-refractivity contribution in [1.29, 1.82) is 0 Å². The molecule has 0 bridgehead atoms. The molecule has 0 aromatic carbocycles. The monoisotopic (exact) mass is 192 g/mol. The average Bonchev–Trinajstić information content (AvgIpc) is 1.80. The molecule has 0 saturated carbocycles. The minimum atomic E-state index is -5.21. The van der Waals surface area contributed by atoms with Crippen LogP contribution in [0.25, 0.3) is 0 Å². The first kappa shape index (κ1) is 10.2. The van der Waals surface area contributed by atoms with Crippen LogP contribution in [0.15, 0.2) is 0 Å². The molecule has 0 heterocycles. The summed E-state index contributed by atoms with van der Waals surface area (Å²) in [7, 11) is 0. The molecule has 0 aliphatic rings. The van der Waals surface area contributed by atoms with Gasteiger partial charge in [-0.25, -0.2) is 9.59 Å². The quantitative estimate of drug-likeness (QED) is 0.333. The Labute approximate surface area is 61.9 Å². The van der Waals surface area contributed by atoms with E-state index in [1.54, 1.807) is 0 Å². The van der Waals surface area contributed by atoms with Crippen molar-refractivity contribution in [2.75, 3.05) is 0 Å². The molecule has 0 aromatic heterocycles. The third-order valence-electron chi connectivity index (χ3n) is 0.414. The molecule has 0 aliphatic heterocycles. The second-order valence-corrected chi connectivity index (χ2v) is 1.84. The molecule has 3 nitrogen and oxygen atoms in total. The van der Waals surface area contributed by atoms with Gasteiger partial charge in [-0.2, -0.15) is 13.2 Å². The molecule has 11 heavy (non-hydrogen) atoms. The van der Waals surface area contributed by atoms with Gasteiger partial charge in [0.2, 0.25) is 0 Å². The smallest absolute Gasteiger partial charge is 0.373 e. The van der Waals surface area contributed by atoms with Crippen molar-refractivity contribution in [3.8, 4) is 0 Å². The summed E-state index contributed by atoms with van der Waals surface area (Å²) in [4.78, 5) is 19.0. The zero-order valence-corrected chi connectivity index (χ0v) is 5.46. The van der Waals surface area contributed by atoms with Crippen LogP contribution in [-0.4, -0.2) is 17.5 Å². The van der Waals surface area contributed by atoms with E-state index in [9.17, 15) is 27.2 Å². The van der Waals surface area contributed by atoms with E-state index in [1.807, 2.05) is 0 Å². The minimum Gasteiger partial charge on any atom is -0.373 e. The lowest BCUT2D eigenvalue weighted by Gasteiger charge is -2.01. The summed E-state index contributed by atoms with van der Waals surface area (Å²) in [6, 6.07) is 0. The molecule has 0 aliphatic carbocycles. The molecule has 0 radical (unpaired) electrons. The Bertz CT molecular complexity index is 176. The summed E-state index contributed by atoms with van der Waals surface area (Å²) in [6.45, 7) is 0. The van der Waals surface area contributed by atoms with E-state index in [0.29, 0.717) is 0 Å². The Morgan fingerprint density at radius 2 is 1.73 bits per heavy atom. The zero-order valence-electron chi connectivity index (χ0n) is 4.64. The predicted molar refractivity (Wildman–Crippen MR) is 26.2 cm³/mol. The van der Waals surface area contributed by atoms with Crippen LogP contribution in [0.2, 0.25) is 0 Å². The second kappa shape index (κ2) is 3.56. The molecule has 0 rings (SSSR count). The summed E-state index contributed by atoms with van der Waals surface area (Å²) >= 11 is -0.809. The van der Waals surface area contributed by atoms with Crippen LogP contribution in [0.1, 0.15) is 0 Å². The van der Waals surface area contributed by atoms with E-state index in [2.05, 4.69) is 4.18 Å². The Morgan fingerprint density at radius 3 is 2.00 bits per heavy atom. The number of carbonyl (C=O) groups excluding carboxylic acids is 2. The van der Waals surface area contributed by atoms with Gasteiger partial charge < -0.3 is 4.18 Å². The molecule has 0 amide bonds. The number of alkyl halides is 3. The topological polar surface area (TPSA) is 43.4 Å². The van der Waals surface area contributed by atoms with Crippen molar-refractivity contribution in [2.45, 2.75) is 6.18 Å². The predicted octanol–water partition coefficient (Wildman–Crippen LogP) is 1.83. The van der Waals surface area contributed by atoms with Crippen LogP contribution in [0.3, 0.4) is 0 Å². The van der Waals surface area contributed by atoms with Crippen molar-refractivity contribution in [1.82, 2.24) is 0 Å². The van der Waals surface area contributed by atoms with Gasteiger partial charge in [0.15, 0.2) is 12.0 Å². The molecule has 0 aromatic rings. The third-order valence-corrected chi connectivity index (χ3v) is 0.780. The summed E-state index contributed by atoms with van der Waals surface area (Å²) in [5.74, 6) is -2.62. The molecule has 0 N–H and O–H groups in total. The first-order chi connectivity index (χ1) is 4.84.